The molecule has 18 heavy (non-hydrogen) atoms. The van der Waals surface area contributed by atoms with Crippen molar-refractivity contribution in [2.24, 2.45) is 0 Å². The van der Waals surface area contributed by atoms with Crippen LogP contribution >= 0.6 is 0 Å². The Balaban J connectivity index is 2.61. The zero-order valence-electron chi connectivity index (χ0n) is 9.83. The van der Waals surface area contributed by atoms with E-state index in [1.165, 1.54) is 13.2 Å². The summed E-state index contributed by atoms with van der Waals surface area (Å²) in [7, 11) is 1.29. The molecule has 0 N–H and O–H groups in total. The van der Waals surface area contributed by atoms with E-state index in [4.69, 9.17) is 5.26 Å². The van der Waals surface area contributed by atoms with Gasteiger partial charge in [-0.05, 0) is 17.7 Å². The van der Waals surface area contributed by atoms with Gasteiger partial charge in [-0.1, -0.05) is 30.3 Å². The van der Waals surface area contributed by atoms with E-state index in [1.54, 1.807) is 12.1 Å². The fourth-order valence-corrected chi connectivity index (χ4v) is 1.71. The lowest BCUT2D eigenvalue weighted by Crippen LogP contribution is -2.00. The summed E-state index contributed by atoms with van der Waals surface area (Å²) in [6.07, 6.45) is 0. The Labute approximate surface area is 105 Å². The van der Waals surface area contributed by atoms with Gasteiger partial charge in [0.15, 0.2) is 7.11 Å². The minimum absolute atomic E-state index is 0.322. The van der Waals surface area contributed by atoms with Crippen LogP contribution in [0.2, 0.25) is 0 Å². The maximum atomic E-state index is 11.7. The van der Waals surface area contributed by atoms with E-state index in [0.29, 0.717) is 16.2 Å². The van der Waals surface area contributed by atoms with Gasteiger partial charge in [-0.15, -0.1) is 0 Å². The van der Waals surface area contributed by atoms with Crippen LogP contribution in [-0.4, -0.2) is 12.0 Å². The van der Waals surface area contributed by atoms with Gasteiger partial charge >= 0.3 is 5.69 Å². The van der Waals surface area contributed by atoms with E-state index in [2.05, 4.69) is 4.84 Å². The van der Waals surface area contributed by atoms with Gasteiger partial charge in [0, 0.05) is 6.07 Å². The van der Waals surface area contributed by atoms with Gasteiger partial charge in [-0.2, -0.15) is 5.26 Å². The highest BCUT2D eigenvalue weighted by atomic mass is 16.8. The first kappa shape index (κ1) is 11.8. The molecule has 2 rings (SSSR count). The van der Waals surface area contributed by atoms with Crippen molar-refractivity contribution in [2.45, 2.75) is 0 Å². The SMILES string of the molecule is CO[N+](=O)c1cc(C#N)ccc1-c1ccccc1. The molecule has 2 aromatic carbocycles. The second kappa shape index (κ2) is 5.11. The Morgan fingerprint density at radius 1 is 1.17 bits per heavy atom. The zero-order valence-corrected chi connectivity index (χ0v) is 9.83. The van der Waals surface area contributed by atoms with Crippen LogP contribution in [-0.2, 0) is 4.84 Å². The minimum atomic E-state index is 0.322. The largest absolute Gasteiger partial charge is 0.325 e. The van der Waals surface area contributed by atoms with Gasteiger partial charge in [0.25, 0.3) is 4.92 Å². The molecular weight excluding hydrogens is 228 g/mol. The van der Waals surface area contributed by atoms with Crippen molar-refractivity contribution in [3.05, 3.63) is 59.0 Å². The Morgan fingerprint density at radius 3 is 2.50 bits per heavy atom. The molecule has 0 aliphatic rings. The lowest BCUT2D eigenvalue weighted by Gasteiger charge is -2.01. The molecule has 0 heterocycles. The average Bonchev–Trinajstić information content (AvgIpc) is 2.46. The molecule has 0 aliphatic heterocycles. The number of hydrogen-bond donors (Lipinski definition) is 0. The molecule has 0 radical (unpaired) electrons. The van der Waals surface area contributed by atoms with E-state index < -0.39 is 0 Å². The van der Waals surface area contributed by atoms with Gasteiger partial charge in [-0.3, -0.25) is 0 Å². The van der Waals surface area contributed by atoms with Crippen molar-refractivity contribution in [1.29, 1.82) is 5.26 Å². The minimum Gasteiger partial charge on any atom is -0.230 e. The standard InChI is InChI=1S/C14H11N2O2/c1-18-16(17)14-9-11(10-15)7-8-13(14)12-5-3-2-4-6-12/h2-9H,1H3/q+1. The molecule has 2 aromatic rings. The topological polar surface area (TPSA) is 53.1 Å². The predicted molar refractivity (Wildman–Crippen MR) is 66.9 cm³/mol. The van der Waals surface area contributed by atoms with Crippen LogP contribution in [0.3, 0.4) is 0 Å². The summed E-state index contributed by atoms with van der Waals surface area (Å²) >= 11 is 0. The van der Waals surface area contributed by atoms with Crippen molar-refractivity contribution < 1.29 is 9.76 Å². The third-order valence-corrected chi connectivity index (χ3v) is 2.57. The zero-order chi connectivity index (χ0) is 13.0. The van der Waals surface area contributed by atoms with E-state index in [-0.39, 0.29) is 0 Å². The third kappa shape index (κ3) is 2.20. The highest BCUT2D eigenvalue weighted by Crippen LogP contribution is 2.30. The maximum absolute atomic E-state index is 11.7. The molecule has 0 bridgehead atoms. The first-order valence-corrected chi connectivity index (χ1v) is 5.37. The molecule has 0 fully saturated rings. The number of nitriles is 1. The van der Waals surface area contributed by atoms with Gasteiger partial charge in [0.1, 0.15) is 0 Å². The normalized spacial score (nSPS) is 9.56. The predicted octanol–water partition coefficient (Wildman–Crippen LogP) is 3.20. The van der Waals surface area contributed by atoms with Gasteiger partial charge < -0.3 is 0 Å². The first-order valence-electron chi connectivity index (χ1n) is 5.37. The van der Waals surface area contributed by atoms with Crippen LogP contribution in [0.25, 0.3) is 11.1 Å². The van der Waals surface area contributed by atoms with E-state index in [1.807, 2.05) is 36.4 Å². The molecule has 0 unspecified atom stereocenters. The summed E-state index contributed by atoms with van der Waals surface area (Å²) in [5.41, 5.74) is 2.37. The van der Waals surface area contributed by atoms with Crippen LogP contribution in [0.1, 0.15) is 5.56 Å². The summed E-state index contributed by atoms with van der Waals surface area (Å²) in [5, 5.41) is 8.87. The molecule has 0 aromatic heterocycles. The molecule has 0 atom stereocenters. The summed E-state index contributed by atoms with van der Waals surface area (Å²) < 4.78 is 0. The summed E-state index contributed by atoms with van der Waals surface area (Å²) in [6, 6.07) is 16.4. The molecule has 0 saturated heterocycles. The van der Waals surface area contributed by atoms with E-state index >= 15 is 0 Å². The Hall–Kier alpha value is -2.67. The summed E-state index contributed by atoms with van der Waals surface area (Å²) in [5.74, 6) is 0. The van der Waals surface area contributed by atoms with Gasteiger partial charge in [0.05, 0.1) is 22.1 Å². The fourth-order valence-electron chi connectivity index (χ4n) is 1.71. The lowest BCUT2D eigenvalue weighted by molar-refractivity contribution is -0.736. The van der Waals surface area contributed by atoms with Crippen LogP contribution in [0.5, 0.6) is 0 Å². The third-order valence-electron chi connectivity index (χ3n) is 2.57. The average molecular weight is 239 g/mol. The second-order valence-corrected chi connectivity index (χ2v) is 3.65. The Kier molecular flexibility index (Phi) is 3.35. The number of rotatable bonds is 3. The van der Waals surface area contributed by atoms with Crippen molar-refractivity contribution >= 4 is 5.69 Å². The summed E-state index contributed by atoms with van der Waals surface area (Å²) in [4.78, 5) is 16.7. The summed E-state index contributed by atoms with van der Waals surface area (Å²) in [6.45, 7) is 0. The lowest BCUT2D eigenvalue weighted by atomic mass is 10.0. The van der Waals surface area contributed by atoms with Gasteiger partial charge in [-0.25, -0.2) is 4.84 Å². The van der Waals surface area contributed by atoms with Crippen LogP contribution < -0.4 is 0 Å². The highest BCUT2D eigenvalue weighted by Gasteiger charge is 2.22. The van der Waals surface area contributed by atoms with Crippen LogP contribution in [0, 0.1) is 16.2 Å². The highest BCUT2D eigenvalue weighted by molar-refractivity contribution is 5.74. The van der Waals surface area contributed by atoms with E-state index in [0.717, 1.165) is 11.1 Å². The molecule has 4 heteroatoms. The Bertz CT molecular complexity index is 615. The van der Waals surface area contributed by atoms with Gasteiger partial charge in [0.2, 0.25) is 0 Å². The fraction of sp³-hybridized carbons (Fsp3) is 0.0714. The molecular formula is C14H11N2O2+. The van der Waals surface area contributed by atoms with Crippen molar-refractivity contribution in [3.63, 3.8) is 0 Å². The smallest absolute Gasteiger partial charge is 0.230 e. The van der Waals surface area contributed by atoms with E-state index in [9.17, 15) is 4.91 Å². The quantitative estimate of drug-likeness (QED) is 0.773. The monoisotopic (exact) mass is 239 g/mol. The first-order chi connectivity index (χ1) is 8.76. The van der Waals surface area contributed by atoms with Crippen molar-refractivity contribution in [1.82, 2.24) is 0 Å². The van der Waals surface area contributed by atoms with Crippen molar-refractivity contribution in [3.8, 4) is 17.2 Å². The number of hydrogen-bond acceptors (Lipinski definition) is 3. The molecule has 0 aliphatic carbocycles. The second-order valence-electron chi connectivity index (χ2n) is 3.65. The molecule has 0 spiro atoms. The molecule has 4 nitrogen and oxygen atoms in total. The van der Waals surface area contributed by atoms with Crippen LogP contribution in [0.4, 0.5) is 5.69 Å². The Morgan fingerprint density at radius 2 is 1.89 bits per heavy atom. The number of benzene rings is 2. The number of nitrogens with zero attached hydrogens (tertiary/aromatic N) is 2. The maximum Gasteiger partial charge on any atom is 0.325 e. The molecule has 0 amide bonds. The molecule has 0 saturated carbocycles. The molecule has 88 valence electrons. The van der Waals surface area contributed by atoms with Crippen molar-refractivity contribution in [2.75, 3.05) is 7.11 Å². The van der Waals surface area contributed by atoms with Crippen LogP contribution in [0.15, 0.2) is 48.5 Å².